The van der Waals surface area contributed by atoms with E-state index in [2.05, 4.69) is 39.9 Å². The molecule has 0 amide bonds. The van der Waals surface area contributed by atoms with E-state index in [9.17, 15) is 13.2 Å². The average Bonchev–Trinajstić information content (AvgIpc) is 3.16. The van der Waals surface area contributed by atoms with Crippen molar-refractivity contribution in [2.75, 3.05) is 0 Å². The number of aromatic nitrogens is 8. The van der Waals surface area contributed by atoms with Crippen molar-refractivity contribution >= 4 is 75.8 Å². The minimum Gasteiger partial charge on any atom is -0.741 e. The first kappa shape index (κ1) is 37.4. The monoisotopic (exact) mass is 820 g/mol. The van der Waals surface area contributed by atoms with Crippen LogP contribution in [0.4, 0.5) is 13.2 Å². The Hall–Kier alpha value is -6.84. The maximum Gasteiger partial charge on any atom is 1.00 e. The van der Waals surface area contributed by atoms with Gasteiger partial charge in [0.2, 0.25) is 0 Å². The largest absolute Gasteiger partial charge is 1.00 e. The van der Waals surface area contributed by atoms with Crippen LogP contribution in [-0.2, 0) is 32.5 Å². The number of benzene rings is 2. The third-order valence-electron chi connectivity index (χ3n) is 7.20. The van der Waals surface area contributed by atoms with Crippen molar-refractivity contribution in [3.8, 4) is 24.3 Å². The fourth-order valence-corrected chi connectivity index (χ4v) is 5.07. The molecule has 8 rings (SSSR count). The number of fused-ring (bicyclic) bond motifs is 12. The Balaban J connectivity index is 0.000000168. The molecule has 0 unspecified atom stereocenters. The molecular weight excluding hydrogens is 809 g/mol. The van der Waals surface area contributed by atoms with E-state index in [1.54, 1.807) is 49.1 Å². The first-order valence-electron chi connectivity index (χ1n) is 14.2. The van der Waals surface area contributed by atoms with Gasteiger partial charge in [0.25, 0.3) is 0 Å². The third-order valence-corrected chi connectivity index (χ3v) is 7.77. The van der Waals surface area contributed by atoms with Crippen LogP contribution in [0.2, 0.25) is 0 Å². The molecule has 8 aromatic rings. The quantitative estimate of drug-likeness (QED) is 0.0845. The van der Waals surface area contributed by atoms with Gasteiger partial charge in [0, 0.05) is 46.3 Å². The van der Waals surface area contributed by atoms with E-state index in [1.807, 2.05) is 48.5 Å². The van der Waals surface area contributed by atoms with Crippen molar-refractivity contribution in [2.24, 2.45) is 0 Å². The smallest absolute Gasteiger partial charge is 0.741 e. The number of hydrogen-bond acceptors (Lipinski definition) is 15. The molecule has 0 atom stereocenters. The Labute approximate surface area is 310 Å². The van der Waals surface area contributed by atoms with Gasteiger partial charge in [-0.05, 0) is 48.5 Å². The van der Waals surface area contributed by atoms with E-state index in [0.29, 0.717) is 44.1 Å². The molecule has 0 aliphatic heterocycles. The van der Waals surface area contributed by atoms with Gasteiger partial charge in [0.1, 0.15) is 46.3 Å². The zero-order chi connectivity index (χ0) is 37.2. The average molecular weight is 821 g/mol. The third kappa shape index (κ3) is 6.93. The number of nitriles is 4. The molecule has 2 aromatic carbocycles. The summed E-state index contributed by atoms with van der Waals surface area (Å²) >= 11 is 0. The first-order valence-corrected chi connectivity index (χ1v) is 15.6. The molecule has 20 heteroatoms. The van der Waals surface area contributed by atoms with E-state index >= 15 is 0 Å². The molecule has 0 fully saturated rings. The molecule has 0 N–H and O–H groups in total. The molecule has 0 saturated carbocycles. The van der Waals surface area contributed by atoms with Gasteiger partial charge < -0.3 is 4.55 Å². The van der Waals surface area contributed by atoms with Crippen LogP contribution in [0.5, 0.6) is 0 Å². The zero-order valence-electron chi connectivity index (χ0n) is 25.9. The SMILES string of the molecule is N#Cc1nc2c3cccnc3c3ncccc3c2nc1C#N.N#Cc1nc2c3cccnc3c3ncccc3c2nc1C#N.O=S(=O)([O-])C(F)(F)F.[Ag+]. The van der Waals surface area contributed by atoms with Crippen LogP contribution in [0.25, 0.3) is 65.7 Å². The topological polar surface area (TPSA) is 255 Å². The summed E-state index contributed by atoms with van der Waals surface area (Å²) in [6.45, 7) is 0. The van der Waals surface area contributed by atoms with Crippen molar-refractivity contribution in [3.63, 3.8) is 0 Å². The van der Waals surface area contributed by atoms with Crippen LogP contribution >= 0.6 is 0 Å². The second kappa shape index (κ2) is 14.8. The van der Waals surface area contributed by atoms with E-state index in [0.717, 1.165) is 21.5 Å². The number of pyridine rings is 4. The number of hydrogen-bond donors (Lipinski definition) is 0. The summed E-state index contributed by atoms with van der Waals surface area (Å²) in [5.41, 5.74) is -0.549. The molecule has 0 spiro atoms. The molecule has 0 aliphatic rings. The summed E-state index contributed by atoms with van der Waals surface area (Å²) in [6.07, 6.45) is 6.74. The number of rotatable bonds is 0. The van der Waals surface area contributed by atoms with Crippen molar-refractivity contribution in [1.82, 2.24) is 39.9 Å². The minimum absolute atomic E-state index is 0. The van der Waals surface area contributed by atoms with Crippen LogP contribution in [0.15, 0.2) is 73.3 Å². The van der Waals surface area contributed by atoms with Gasteiger partial charge in [-0.25, -0.2) is 28.4 Å². The van der Waals surface area contributed by atoms with Crippen molar-refractivity contribution in [2.45, 2.75) is 5.51 Å². The summed E-state index contributed by atoms with van der Waals surface area (Å²) in [5.74, 6) is 0. The van der Waals surface area contributed by atoms with Crippen LogP contribution in [0.3, 0.4) is 0 Å². The number of alkyl halides is 3. The predicted molar refractivity (Wildman–Crippen MR) is 175 cm³/mol. The fourth-order valence-electron chi connectivity index (χ4n) is 5.07. The van der Waals surface area contributed by atoms with E-state index < -0.39 is 15.6 Å². The first-order chi connectivity index (χ1) is 24.9. The molecule has 260 valence electrons. The fraction of sp³-hybridized carbons (Fsp3) is 0.0303. The van der Waals surface area contributed by atoms with Crippen LogP contribution in [-0.4, -0.2) is 58.4 Å². The standard InChI is InChI=1S/2C16H6N6.CHF3O3S.Ag/c2*17-7-11-12(8-18)22-16-10-4-2-6-20-14(10)13-9(15(16)21-11)3-1-5-19-13;2-1(3,4)8(5,6)7;/h2*1-6H;(H,5,6,7);/q;;;+1/p-1. The van der Waals surface area contributed by atoms with E-state index in [-0.39, 0.29) is 45.2 Å². The van der Waals surface area contributed by atoms with E-state index in [4.69, 9.17) is 34.0 Å². The van der Waals surface area contributed by atoms with Crippen LogP contribution < -0.4 is 0 Å². The van der Waals surface area contributed by atoms with Crippen LogP contribution in [0, 0.1) is 45.3 Å². The molecule has 6 aromatic heterocycles. The molecule has 0 aliphatic carbocycles. The second-order valence-electron chi connectivity index (χ2n) is 10.2. The normalized spacial score (nSPS) is 10.9. The second-order valence-corrected chi connectivity index (χ2v) is 11.6. The van der Waals surface area contributed by atoms with Crippen molar-refractivity contribution in [3.05, 3.63) is 96.1 Å². The van der Waals surface area contributed by atoms with Gasteiger partial charge in [-0.15, -0.1) is 0 Å². The Kier molecular flexibility index (Phi) is 10.4. The van der Waals surface area contributed by atoms with Crippen LogP contribution in [0.1, 0.15) is 22.8 Å². The molecule has 6 heterocycles. The van der Waals surface area contributed by atoms with Gasteiger partial charge in [0.15, 0.2) is 32.9 Å². The maximum absolute atomic E-state index is 10.7. The minimum atomic E-state index is -6.09. The molecule has 15 nitrogen and oxygen atoms in total. The van der Waals surface area contributed by atoms with Gasteiger partial charge in [-0.3, -0.25) is 19.9 Å². The van der Waals surface area contributed by atoms with Crippen molar-refractivity contribution < 1.29 is 48.5 Å². The molecule has 53 heavy (non-hydrogen) atoms. The summed E-state index contributed by atoms with van der Waals surface area (Å²) in [5, 5.41) is 39.7. The number of halogens is 3. The van der Waals surface area contributed by atoms with Crippen molar-refractivity contribution in [1.29, 1.82) is 21.0 Å². The summed E-state index contributed by atoms with van der Waals surface area (Å²) in [6, 6.07) is 22.3. The summed E-state index contributed by atoms with van der Waals surface area (Å²) < 4.78 is 58.9. The predicted octanol–water partition coefficient (Wildman–Crippen LogP) is 4.99. The maximum atomic E-state index is 10.7. The van der Waals surface area contributed by atoms with E-state index in [1.165, 1.54) is 0 Å². The molecule has 0 saturated heterocycles. The molecular formula is C33H12AgF3N12O3S. The van der Waals surface area contributed by atoms with Gasteiger partial charge in [-0.1, -0.05) is 0 Å². The zero-order valence-corrected chi connectivity index (χ0v) is 28.2. The summed E-state index contributed by atoms with van der Waals surface area (Å²) in [4.78, 5) is 34.8. The van der Waals surface area contributed by atoms with Gasteiger partial charge in [-0.2, -0.15) is 34.2 Å². The Bertz CT molecular complexity index is 2700. The number of nitrogens with zero attached hydrogens (tertiary/aromatic N) is 12. The summed E-state index contributed by atoms with van der Waals surface area (Å²) in [7, 11) is -6.09. The Morgan fingerprint density at radius 3 is 0.868 bits per heavy atom. The van der Waals surface area contributed by atoms with Gasteiger partial charge >= 0.3 is 27.9 Å². The van der Waals surface area contributed by atoms with Gasteiger partial charge in [0.05, 0.1) is 22.1 Å². The molecule has 0 radical (unpaired) electrons. The molecule has 0 bridgehead atoms. The Morgan fingerprint density at radius 1 is 0.491 bits per heavy atom. The Morgan fingerprint density at radius 2 is 0.698 bits per heavy atom.